The topological polar surface area (TPSA) is 96.0 Å². The number of aromatic nitrogens is 1. The maximum Gasteiger partial charge on any atom is 0.276 e. The number of benzene rings is 2. The fraction of sp³-hybridized carbons (Fsp3) is 0.273. The van der Waals surface area contributed by atoms with E-state index in [1.165, 1.54) is 0 Å². The molecule has 3 aromatic rings. The number of rotatable bonds is 3. The summed E-state index contributed by atoms with van der Waals surface area (Å²) < 4.78 is 10.8. The molecule has 0 radical (unpaired) electrons. The van der Waals surface area contributed by atoms with E-state index in [2.05, 4.69) is 5.16 Å². The number of hydrogen-bond donors (Lipinski definition) is 2. The molecule has 0 bridgehead atoms. The number of amides is 1. The molecule has 1 aromatic heterocycles. The highest BCUT2D eigenvalue weighted by atomic mass is 16.5. The van der Waals surface area contributed by atoms with Crippen molar-refractivity contribution in [2.75, 3.05) is 13.2 Å². The smallest absolute Gasteiger partial charge is 0.276 e. The standard InChI is InChI=1S/C22H22N2O5/c1-13-3-5-15(6-4-13)16-9-17-11-24(7-8-28-21(17)19(26)10-16)22(27)20-18(12-25)14(2)29-23-20/h3-6,9-10,25-26H,7-8,11-12H2,1-2H3. The van der Waals surface area contributed by atoms with E-state index < -0.39 is 0 Å². The molecule has 29 heavy (non-hydrogen) atoms. The number of aliphatic hydroxyl groups is 1. The molecule has 7 heteroatoms. The molecule has 0 unspecified atom stereocenters. The number of carbonyl (C=O) groups is 1. The van der Waals surface area contributed by atoms with Gasteiger partial charge in [0.05, 0.1) is 18.7 Å². The first-order valence-electron chi connectivity index (χ1n) is 9.39. The fourth-order valence-corrected chi connectivity index (χ4v) is 3.48. The predicted molar refractivity (Wildman–Crippen MR) is 106 cm³/mol. The first-order chi connectivity index (χ1) is 14.0. The maximum atomic E-state index is 13.0. The number of phenols is 1. The van der Waals surface area contributed by atoms with Crippen LogP contribution in [-0.4, -0.2) is 39.3 Å². The Bertz CT molecular complexity index is 1060. The zero-order valence-electron chi connectivity index (χ0n) is 16.3. The molecule has 0 atom stereocenters. The monoisotopic (exact) mass is 394 g/mol. The second kappa shape index (κ2) is 7.60. The number of hydrogen-bond acceptors (Lipinski definition) is 6. The van der Waals surface area contributed by atoms with Crippen molar-refractivity contribution >= 4 is 5.91 Å². The second-order valence-electron chi connectivity index (χ2n) is 7.15. The van der Waals surface area contributed by atoms with Crippen LogP contribution < -0.4 is 4.74 Å². The Morgan fingerprint density at radius 3 is 2.66 bits per heavy atom. The van der Waals surface area contributed by atoms with Crippen molar-refractivity contribution in [2.24, 2.45) is 0 Å². The van der Waals surface area contributed by atoms with Gasteiger partial charge in [0.2, 0.25) is 0 Å². The lowest BCUT2D eigenvalue weighted by Gasteiger charge is -2.19. The number of fused-ring (bicyclic) bond motifs is 1. The van der Waals surface area contributed by atoms with Gasteiger partial charge in [0, 0.05) is 12.1 Å². The summed E-state index contributed by atoms with van der Waals surface area (Å²) >= 11 is 0. The molecule has 7 nitrogen and oxygen atoms in total. The minimum Gasteiger partial charge on any atom is -0.504 e. The van der Waals surface area contributed by atoms with Crippen LogP contribution >= 0.6 is 0 Å². The van der Waals surface area contributed by atoms with Gasteiger partial charge >= 0.3 is 0 Å². The Morgan fingerprint density at radius 1 is 1.17 bits per heavy atom. The van der Waals surface area contributed by atoms with Crippen molar-refractivity contribution in [3.8, 4) is 22.6 Å². The van der Waals surface area contributed by atoms with Gasteiger partial charge in [-0.15, -0.1) is 0 Å². The van der Waals surface area contributed by atoms with Crippen molar-refractivity contribution in [1.29, 1.82) is 0 Å². The molecule has 0 spiro atoms. The number of aliphatic hydroxyl groups excluding tert-OH is 1. The van der Waals surface area contributed by atoms with E-state index in [1.54, 1.807) is 17.9 Å². The number of aryl methyl sites for hydroxylation is 2. The van der Waals surface area contributed by atoms with E-state index in [0.717, 1.165) is 16.7 Å². The van der Waals surface area contributed by atoms with Crippen LogP contribution in [0.25, 0.3) is 11.1 Å². The number of aromatic hydroxyl groups is 1. The molecule has 2 heterocycles. The molecule has 1 aliphatic heterocycles. The van der Waals surface area contributed by atoms with Gasteiger partial charge < -0.3 is 24.4 Å². The molecule has 150 valence electrons. The van der Waals surface area contributed by atoms with Crippen molar-refractivity contribution in [1.82, 2.24) is 10.1 Å². The SMILES string of the molecule is Cc1ccc(-c2cc(O)c3c(c2)CN(C(=O)c2noc(C)c2CO)CCO3)cc1. The summed E-state index contributed by atoms with van der Waals surface area (Å²) in [5, 5.41) is 23.9. The molecular weight excluding hydrogens is 372 g/mol. The van der Waals surface area contributed by atoms with E-state index >= 15 is 0 Å². The quantitative estimate of drug-likeness (QED) is 0.708. The lowest BCUT2D eigenvalue weighted by molar-refractivity contribution is 0.0719. The molecule has 0 saturated carbocycles. The summed E-state index contributed by atoms with van der Waals surface area (Å²) in [6.07, 6.45) is 0. The molecule has 0 aliphatic carbocycles. The maximum absolute atomic E-state index is 13.0. The zero-order chi connectivity index (χ0) is 20.5. The Balaban J connectivity index is 1.69. The second-order valence-corrected chi connectivity index (χ2v) is 7.15. The molecular formula is C22H22N2O5. The molecule has 0 fully saturated rings. The predicted octanol–water partition coefficient (Wildman–Crippen LogP) is 3.19. The highest BCUT2D eigenvalue weighted by molar-refractivity contribution is 5.94. The molecule has 1 aliphatic rings. The van der Waals surface area contributed by atoms with Gasteiger partial charge in [-0.3, -0.25) is 4.79 Å². The molecule has 0 saturated heterocycles. The normalized spacial score (nSPS) is 13.6. The van der Waals surface area contributed by atoms with Gasteiger partial charge in [-0.05, 0) is 37.1 Å². The Hall–Kier alpha value is -3.32. The van der Waals surface area contributed by atoms with Crippen LogP contribution in [0.4, 0.5) is 0 Å². The van der Waals surface area contributed by atoms with Gasteiger partial charge in [-0.25, -0.2) is 0 Å². The van der Waals surface area contributed by atoms with Crippen LogP contribution in [0.1, 0.15) is 32.9 Å². The summed E-state index contributed by atoms with van der Waals surface area (Å²) in [6.45, 7) is 4.16. The molecule has 2 N–H and O–H groups in total. The minimum atomic E-state index is -0.345. The lowest BCUT2D eigenvalue weighted by atomic mass is 10.0. The molecule has 2 aromatic carbocycles. The average molecular weight is 394 g/mol. The summed E-state index contributed by atoms with van der Waals surface area (Å²) in [5.41, 5.74) is 4.15. The van der Waals surface area contributed by atoms with E-state index in [0.29, 0.717) is 29.2 Å². The van der Waals surface area contributed by atoms with Gasteiger partial charge in [-0.1, -0.05) is 35.0 Å². The summed E-state index contributed by atoms with van der Waals surface area (Å²) in [6, 6.07) is 11.6. The van der Waals surface area contributed by atoms with E-state index in [9.17, 15) is 15.0 Å². The summed E-state index contributed by atoms with van der Waals surface area (Å²) in [5.74, 6) is 0.500. The first kappa shape index (κ1) is 19.0. The highest BCUT2D eigenvalue weighted by Crippen LogP contribution is 2.38. The Morgan fingerprint density at radius 2 is 1.93 bits per heavy atom. The van der Waals surface area contributed by atoms with Crippen LogP contribution in [-0.2, 0) is 13.2 Å². The van der Waals surface area contributed by atoms with Crippen molar-refractivity contribution < 1.29 is 24.3 Å². The van der Waals surface area contributed by atoms with E-state index in [1.807, 2.05) is 37.3 Å². The largest absolute Gasteiger partial charge is 0.504 e. The third-order valence-electron chi connectivity index (χ3n) is 5.13. The zero-order valence-corrected chi connectivity index (χ0v) is 16.3. The van der Waals surface area contributed by atoms with Crippen LogP contribution in [0.5, 0.6) is 11.5 Å². The van der Waals surface area contributed by atoms with Crippen molar-refractivity contribution in [2.45, 2.75) is 27.0 Å². The van der Waals surface area contributed by atoms with Gasteiger partial charge in [-0.2, -0.15) is 0 Å². The average Bonchev–Trinajstić information content (AvgIpc) is 2.94. The molecule has 4 rings (SSSR count). The van der Waals surface area contributed by atoms with Crippen molar-refractivity contribution in [3.05, 3.63) is 64.5 Å². The third-order valence-corrected chi connectivity index (χ3v) is 5.13. The third kappa shape index (κ3) is 3.56. The minimum absolute atomic E-state index is 0.0423. The Labute approximate surface area is 168 Å². The van der Waals surface area contributed by atoms with Crippen LogP contribution in [0.2, 0.25) is 0 Å². The van der Waals surface area contributed by atoms with E-state index in [4.69, 9.17) is 9.26 Å². The number of phenolic OH excluding ortho intramolecular Hbond substituents is 1. The number of nitrogens with zero attached hydrogens (tertiary/aromatic N) is 2. The summed E-state index contributed by atoms with van der Waals surface area (Å²) in [4.78, 5) is 14.6. The number of ether oxygens (including phenoxy) is 1. The van der Waals surface area contributed by atoms with E-state index in [-0.39, 0.29) is 37.1 Å². The first-order valence-corrected chi connectivity index (χ1v) is 9.39. The molecule has 1 amide bonds. The van der Waals surface area contributed by atoms with Crippen LogP contribution in [0.3, 0.4) is 0 Å². The van der Waals surface area contributed by atoms with Crippen molar-refractivity contribution in [3.63, 3.8) is 0 Å². The van der Waals surface area contributed by atoms with Crippen LogP contribution in [0.15, 0.2) is 40.9 Å². The lowest BCUT2D eigenvalue weighted by Crippen LogP contribution is -2.33. The highest BCUT2D eigenvalue weighted by Gasteiger charge is 2.28. The van der Waals surface area contributed by atoms with Gasteiger partial charge in [0.15, 0.2) is 17.2 Å². The summed E-state index contributed by atoms with van der Waals surface area (Å²) in [7, 11) is 0. The number of carbonyl (C=O) groups excluding carboxylic acids is 1. The Kier molecular flexibility index (Phi) is 4.98. The van der Waals surface area contributed by atoms with Gasteiger partial charge in [0.1, 0.15) is 12.4 Å². The van der Waals surface area contributed by atoms with Gasteiger partial charge in [0.25, 0.3) is 5.91 Å². The van der Waals surface area contributed by atoms with Crippen LogP contribution in [0, 0.1) is 13.8 Å². The fourth-order valence-electron chi connectivity index (χ4n) is 3.48.